The van der Waals surface area contributed by atoms with Crippen molar-refractivity contribution >= 4 is 46.6 Å². The summed E-state index contributed by atoms with van der Waals surface area (Å²) in [5, 5.41) is 4.02. The second-order valence-corrected chi connectivity index (χ2v) is 6.12. The zero-order valence-electron chi connectivity index (χ0n) is 11.1. The SMILES string of the molecule is Nc1cccc(Cl)c1SCC(=O)NCc1ccccc1Cl. The minimum Gasteiger partial charge on any atom is -0.398 e. The molecule has 0 atom stereocenters. The lowest BCUT2D eigenvalue weighted by Crippen LogP contribution is -2.24. The lowest BCUT2D eigenvalue weighted by molar-refractivity contribution is -0.118. The second-order valence-electron chi connectivity index (χ2n) is 4.32. The molecule has 2 aromatic rings. The number of carbonyl (C=O) groups is 1. The lowest BCUT2D eigenvalue weighted by atomic mass is 10.2. The number of carbonyl (C=O) groups excluding carboxylic acids is 1. The van der Waals surface area contributed by atoms with Crippen LogP contribution in [0.2, 0.25) is 10.0 Å². The number of halogens is 2. The fourth-order valence-corrected chi connectivity index (χ4v) is 3.07. The van der Waals surface area contributed by atoms with E-state index in [0.717, 1.165) is 10.5 Å². The normalized spacial score (nSPS) is 10.4. The molecular weight excluding hydrogens is 327 g/mol. The number of thioether (sulfide) groups is 1. The number of nitrogens with one attached hydrogen (secondary N) is 1. The highest BCUT2D eigenvalue weighted by Gasteiger charge is 2.09. The molecule has 0 saturated carbocycles. The van der Waals surface area contributed by atoms with Crippen LogP contribution in [0.15, 0.2) is 47.4 Å². The number of rotatable bonds is 5. The predicted molar refractivity (Wildman–Crippen MR) is 89.9 cm³/mol. The van der Waals surface area contributed by atoms with E-state index in [1.54, 1.807) is 24.3 Å². The van der Waals surface area contributed by atoms with Gasteiger partial charge in [-0.05, 0) is 23.8 Å². The Balaban J connectivity index is 1.87. The van der Waals surface area contributed by atoms with Crippen molar-refractivity contribution < 1.29 is 4.79 Å². The standard InChI is InChI=1S/C15H14Cl2N2OS/c16-11-5-2-1-4-10(11)8-19-14(20)9-21-15-12(17)6-3-7-13(15)18/h1-7H,8-9,18H2,(H,19,20). The van der Waals surface area contributed by atoms with Gasteiger partial charge in [-0.1, -0.05) is 47.5 Å². The molecule has 1 amide bonds. The molecule has 0 aliphatic heterocycles. The fourth-order valence-electron chi connectivity index (χ4n) is 1.70. The summed E-state index contributed by atoms with van der Waals surface area (Å²) >= 11 is 13.4. The molecule has 110 valence electrons. The summed E-state index contributed by atoms with van der Waals surface area (Å²) in [6.07, 6.45) is 0. The van der Waals surface area contributed by atoms with Gasteiger partial charge in [0.15, 0.2) is 0 Å². The van der Waals surface area contributed by atoms with Crippen LogP contribution < -0.4 is 11.1 Å². The number of amides is 1. The first-order valence-electron chi connectivity index (χ1n) is 6.25. The quantitative estimate of drug-likeness (QED) is 0.639. The molecule has 0 aliphatic carbocycles. The largest absolute Gasteiger partial charge is 0.398 e. The van der Waals surface area contributed by atoms with Crippen molar-refractivity contribution in [3.63, 3.8) is 0 Å². The Morgan fingerprint density at radius 1 is 1.10 bits per heavy atom. The van der Waals surface area contributed by atoms with Crippen molar-refractivity contribution in [1.82, 2.24) is 5.32 Å². The number of anilines is 1. The van der Waals surface area contributed by atoms with Crippen molar-refractivity contribution in [1.29, 1.82) is 0 Å². The van der Waals surface area contributed by atoms with Crippen LogP contribution in [0.4, 0.5) is 5.69 Å². The third-order valence-electron chi connectivity index (χ3n) is 2.78. The van der Waals surface area contributed by atoms with E-state index in [2.05, 4.69) is 5.32 Å². The highest BCUT2D eigenvalue weighted by atomic mass is 35.5. The van der Waals surface area contributed by atoms with E-state index in [-0.39, 0.29) is 11.7 Å². The van der Waals surface area contributed by atoms with Crippen LogP contribution in [-0.4, -0.2) is 11.7 Å². The van der Waals surface area contributed by atoms with Crippen molar-refractivity contribution in [3.05, 3.63) is 58.1 Å². The van der Waals surface area contributed by atoms with E-state index in [1.165, 1.54) is 11.8 Å². The lowest BCUT2D eigenvalue weighted by Gasteiger charge is -2.09. The molecule has 2 rings (SSSR count). The second kappa shape index (κ2) is 7.59. The molecule has 0 bridgehead atoms. The maximum Gasteiger partial charge on any atom is 0.230 e. The molecule has 2 aromatic carbocycles. The fraction of sp³-hybridized carbons (Fsp3) is 0.133. The number of hydrogen-bond acceptors (Lipinski definition) is 3. The van der Waals surface area contributed by atoms with E-state index < -0.39 is 0 Å². The molecule has 0 aliphatic rings. The van der Waals surface area contributed by atoms with Crippen LogP contribution in [0.25, 0.3) is 0 Å². The molecule has 3 nitrogen and oxygen atoms in total. The molecule has 6 heteroatoms. The summed E-state index contributed by atoms with van der Waals surface area (Å²) in [6, 6.07) is 12.7. The van der Waals surface area contributed by atoms with Gasteiger partial charge in [0.05, 0.1) is 10.8 Å². The maximum atomic E-state index is 11.9. The van der Waals surface area contributed by atoms with Gasteiger partial charge in [0.2, 0.25) is 5.91 Å². The van der Waals surface area contributed by atoms with Gasteiger partial charge < -0.3 is 11.1 Å². The van der Waals surface area contributed by atoms with Crippen molar-refractivity contribution in [3.8, 4) is 0 Å². The first kappa shape index (κ1) is 16.0. The van der Waals surface area contributed by atoms with Crippen molar-refractivity contribution in [2.45, 2.75) is 11.4 Å². The van der Waals surface area contributed by atoms with Crippen LogP contribution in [0.5, 0.6) is 0 Å². The van der Waals surface area contributed by atoms with Gasteiger partial charge in [-0.25, -0.2) is 0 Å². The van der Waals surface area contributed by atoms with Crippen molar-refractivity contribution in [2.24, 2.45) is 0 Å². The van der Waals surface area contributed by atoms with E-state index >= 15 is 0 Å². The summed E-state index contributed by atoms with van der Waals surface area (Å²) in [7, 11) is 0. The Hall–Kier alpha value is -1.36. The average Bonchev–Trinajstić information content (AvgIpc) is 2.46. The summed E-state index contributed by atoms with van der Waals surface area (Å²) in [5.41, 5.74) is 7.30. The summed E-state index contributed by atoms with van der Waals surface area (Å²) in [4.78, 5) is 12.6. The summed E-state index contributed by atoms with van der Waals surface area (Å²) in [6.45, 7) is 0.400. The van der Waals surface area contributed by atoms with Crippen molar-refractivity contribution in [2.75, 3.05) is 11.5 Å². The Morgan fingerprint density at radius 2 is 1.81 bits per heavy atom. The highest BCUT2D eigenvalue weighted by Crippen LogP contribution is 2.32. The minimum atomic E-state index is -0.0979. The molecular formula is C15H14Cl2N2OS. The van der Waals surface area contributed by atoms with Gasteiger partial charge in [0.1, 0.15) is 0 Å². The van der Waals surface area contributed by atoms with Gasteiger partial charge in [-0.15, -0.1) is 11.8 Å². The van der Waals surface area contributed by atoms with E-state index in [9.17, 15) is 4.79 Å². The Kier molecular flexibility index (Phi) is 5.79. The van der Waals surface area contributed by atoms with Crippen LogP contribution in [0.3, 0.4) is 0 Å². The molecule has 0 aromatic heterocycles. The van der Waals surface area contributed by atoms with Gasteiger partial charge in [-0.2, -0.15) is 0 Å². The topological polar surface area (TPSA) is 55.1 Å². The van der Waals surface area contributed by atoms with Gasteiger partial charge >= 0.3 is 0 Å². The Labute approximate surface area is 137 Å². The summed E-state index contributed by atoms with van der Waals surface area (Å²) < 4.78 is 0. The molecule has 21 heavy (non-hydrogen) atoms. The number of benzene rings is 2. The molecule has 0 radical (unpaired) electrons. The van der Waals surface area contributed by atoms with Crippen LogP contribution in [0, 0.1) is 0 Å². The van der Waals surface area contributed by atoms with E-state index in [4.69, 9.17) is 28.9 Å². The number of hydrogen-bond donors (Lipinski definition) is 2. The zero-order chi connectivity index (χ0) is 15.2. The minimum absolute atomic E-state index is 0.0979. The van der Waals surface area contributed by atoms with Crippen LogP contribution in [0.1, 0.15) is 5.56 Å². The first-order valence-corrected chi connectivity index (χ1v) is 7.99. The van der Waals surface area contributed by atoms with Crippen LogP contribution in [-0.2, 0) is 11.3 Å². The van der Waals surface area contributed by atoms with E-state index in [1.807, 2.05) is 18.2 Å². The summed E-state index contributed by atoms with van der Waals surface area (Å²) in [5.74, 6) is 0.150. The van der Waals surface area contributed by atoms with E-state index in [0.29, 0.717) is 22.3 Å². The molecule has 0 saturated heterocycles. The highest BCUT2D eigenvalue weighted by molar-refractivity contribution is 8.00. The molecule has 0 unspecified atom stereocenters. The third kappa shape index (κ3) is 4.56. The zero-order valence-corrected chi connectivity index (χ0v) is 13.4. The Morgan fingerprint density at radius 3 is 2.52 bits per heavy atom. The third-order valence-corrected chi connectivity index (χ3v) is 4.73. The maximum absolute atomic E-state index is 11.9. The predicted octanol–water partition coefficient (Wildman–Crippen LogP) is 3.98. The smallest absolute Gasteiger partial charge is 0.230 e. The van der Waals surface area contributed by atoms with Crippen LogP contribution >= 0.6 is 35.0 Å². The molecule has 3 N–H and O–H groups in total. The number of nitrogens with two attached hydrogens (primary N) is 1. The first-order chi connectivity index (χ1) is 10.1. The van der Waals surface area contributed by atoms with Gasteiger partial charge in [-0.3, -0.25) is 4.79 Å². The van der Waals surface area contributed by atoms with Gasteiger partial charge in [0, 0.05) is 22.2 Å². The van der Waals surface area contributed by atoms with Gasteiger partial charge in [0.25, 0.3) is 0 Å². The monoisotopic (exact) mass is 340 g/mol. The molecule has 0 fully saturated rings. The Bertz CT molecular complexity index is 629. The average molecular weight is 341 g/mol. The molecule has 0 heterocycles. The molecule has 0 spiro atoms. The number of nitrogen functional groups attached to an aromatic ring is 1.